The molecule has 0 atom stereocenters. The number of carbonyl (C=O) groups is 1. The minimum atomic E-state index is -0.0617. The standard InChI is InChI=1S/C15H21N3O2S/c1-11-5-7-18(8-6-11)15(19)17-12-3-2-4-13(9-12)20-10-14(16)21/h2-4,9,11H,5-8,10H2,1H3,(H2,16,21)(H,17,19). The highest BCUT2D eigenvalue weighted by Gasteiger charge is 2.20. The van der Waals surface area contributed by atoms with E-state index in [0.29, 0.717) is 22.3 Å². The first-order chi connectivity index (χ1) is 10.0. The molecule has 1 aromatic carbocycles. The third kappa shape index (κ3) is 4.90. The molecule has 1 aliphatic rings. The van der Waals surface area contributed by atoms with E-state index in [1.165, 1.54) is 0 Å². The lowest BCUT2D eigenvalue weighted by atomic mass is 10.00. The molecule has 0 saturated carbocycles. The van der Waals surface area contributed by atoms with Crippen LogP contribution in [0.15, 0.2) is 24.3 Å². The number of carbonyl (C=O) groups excluding carboxylic acids is 1. The number of rotatable bonds is 4. The van der Waals surface area contributed by atoms with E-state index in [0.717, 1.165) is 25.9 Å². The Labute approximate surface area is 130 Å². The molecule has 114 valence electrons. The Bertz CT molecular complexity index is 513. The van der Waals surface area contributed by atoms with Crippen molar-refractivity contribution in [3.8, 4) is 5.75 Å². The van der Waals surface area contributed by atoms with Gasteiger partial charge in [0.25, 0.3) is 0 Å². The van der Waals surface area contributed by atoms with Crippen LogP contribution in [0.5, 0.6) is 5.75 Å². The molecular weight excluding hydrogens is 286 g/mol. The highest BCUT2D eigenvalue weighted by Crippen LogP contribution is 2.20. The van der Waals surface area contributed by atoms with Crippen molar-refractivity contribution in [2.24, 2.45) is 11.7 Å². The number of benzene rings is 1. The monoisotopic (exact) mass is 307 g/mol. The van der Waals surface area contributed by atoms with Gasteiger partial charge in [0, 0.05) is 24.8 Å². The normalized spacial score (nSPS) is 15.6. The lowest BCUT2D eigenvalue weighted by molar-refractivity contribution is 0.186. The summed E-state index contributed by atoms with van der Waals surface area (Å²) in [4.78, 5) is 14.3. The first-order valence-corrected chi connectivity index (χ1v) is 7.52. The summed E-state index contributed by atoms with van der Waals surface area (Å²) in [6.45, 7) is 4.03. The number of nitrogens with two attached hydrogens (primary N) is 1. The summed E-state index contributed by atoms with van der Waals surface area (Å²) in [6.07, 6.45) is 2.12. The van der Waals surface area contributed by atoms with Crippen molar-refractivity contribution in [2.75, 3.05) is 25.0 Å². The smallest absolute Gasteiger partial charge is 0.321 e. The number of nitrogens with zero attached hydrogens (tertiary/aromatic N) is 1. The highest BCUT2D eigenvalue weighted by molar-refractivity contribution is 7.80. The zero-order valence-corrected chi connectivity index (χ0v) is 13.0. The summed E-state index contributed by atoms with van der Waals surface area (Å²) in [5.74, 6) is 1.33. The van der Waals surface area contributed by atoms with E-state index in [-0.39, 0.29) is 12.6 Å². The van der Waals surface area contributed by atoms with E-state index in [2.05, 4.69) is 12.2 Å². The predicted octanol–water partition coefficient (Wildman–Crippen LogP) is 2.62. The van der Waals surface area contributed by atoms with E-state index in [4.69, 9.17) is 22.7 Å². The van der Waals surface area contributed by atoms with E-state index in [1.807, 2.05) is 17.0 Å². The molecule has 1 aromatic rings. The third-order valence-corrected chi connectivity index (χ3v) is 3.66. The fourth-order valence-electron chi connectivity index (χ4n) is 2.23. The van der Waals surface area contributed by atoms with Crippen molar-refractivity contribution >= 4 is 28.9 Å². The van der Waals surface area contributed by atoms with Gasteiger partial charge in [-0.3, -0.25) is 0 Å². The van der Waals surface area contributed by atoms with Gasteiger partial charge >= 0.3 is 6.03 Å². The summed E-state index contributed by atoms with van der Waals surface area (Å²) in [5, 5.41) is 2.90. The van der Waals surface area contributed by atoms with Crippen LogP contribution in [0.3, 0.4) is 0 Å². The maximum absolute atomic E-state index is 12.2. The zero-order chi connectivity index (χ0) is 15.2. The molecule has 2 rings (SSSR count). The van der Waals surface area contributed by atoms with Gasteiger partial charge < -0.3 is 20.7 Å². The number of hydrogen-bond donors (Lipinski definition) is 2. The molecule has 5 nitrogen and oxygen atoms in total. The van der Waals surface area contributed by atoms with Crippen molar-refractivity contribution in [3.63, 3.8) is 0 Å². The molecule has 2 amide bonds. The van der Waals surface area contributed by atoms with Crippen LogP contribution in [0.4, 0.5) is 10.5 Å². The van der Waals surface area contributed by atoms with Crippen molar-refractivity contribution in [2.45, 2.75) is 19.8 Å². The molecule has 0 radical (unpaired) electrons. The van der Waals surface area contributed by atoms with Crippen molar-refractivity contribution in [3.05, 3.63) is 24.3 Å². The van der Waals surface area contributed by atoms with Crippen molar-refractivity contribution < 1.29 is 9.53 Å². The zero-order valence-electron chi connectivity index (χ0n) is 12.2. The van der Waals surface area contributed by atoms with Crippen molar-refractivity contribution in [1.82, 2.24) is 4.90 Å². The Morgan fingerprint density at radius 3 is 2.86 bits per heavy atom. The van der Waals surface area contributed by atoms with Crippen LogP contribution >= 0.6 is 12.2 Å². The molecule has 0 aromatic heterocycles. The molecule has 21 heavy (non-hydrogen) atoms. The summed E-state index contributed by atoms with van der Waals surface area (Å²) >= 11 is 4.77. The molecule has 1 saturated heterocycles. The number of likely N-dealkylation sites (tertiary alicyclic amines) is 1. The Balaban J connectivity index is 1.91. The van der Waals surface area contributed by atoms with Gasteiger partial charge in [-0.15, -0.1) is 0 Å². The molecular formula is C15H21N3O2S. The summed E-state index contributed by atoms with van der Waals surface area (Å²) in [5.41, 5.74) is 6.11. The molecule has 1 aliphatic heterocycles. The van der Waals surface area contributed by atoms with E-state index in [1.54, 1.807) is 12.1 Å². The topological polar surface area (TPSA) is 67.6 Å². The predicted molar refractivity (Wildman–Crippen MR) is 87.7 cm³/mol. The largest absolute Gasteiger partial charge is 0.486 e. The first-order valence-electron chi connectivity index (χ1n) is 7.11. The minimum Gasteiger partial charge on any atom is -0.486 e. The van der Waals surface area contributed by atoms with Crippen LogP contribution in [-0.2, 0) is 0 Å². The first kappa shape index (κ1) is 15.6. The van der Waals surface area contributed by atoms with Gasteiger partial charge in [-0.25, -0.2) is 4.79 Å². The average Bonchev–Trinajstić information content (AvgIpc) is 2.46. The molecule has 3 N–H and O–H groups in total. The second kappa shape index (κ2) is 7.26. The summed E-state index contributed by atoms with van der Waals surface area (Å²) in [7, 11) is 0. The van der Waals surface area contributed by atoms with Crippen LogP contribution in [0.1, 0.15) is 19.8 Å². The Morgan fingerprint density at radius 1 is 1.48 bits per heavy atom. The molecule has 0 unspecified atom stereocenters. The quantitative estimate of drug-likeness (QED) is 0.839. The van der Waals surface area contributed by atoms with Gasteiger partial charge in [-0.1, -0.05) is 25.2 Å². The fourth-order valence-corrected chi connectivity index (χ4v) is 2.29. The van der Waals surface area contributed by atoms with Crippen LogP contribution in [0, 0.1) is 5.92 Å². The molecule has 0 spiro atoms. The van der Waals surface area contributed by atoms with Crippen molar-refractivity contribution in [1.29, 1.82) is 0 Å². The average molecular weight is 307 g/mol. The molecule has 1 heterocycles. The summed E-state index contributed by atoms with van der Waals surface area (Å²) in [6, 6.07) is 7.16. The van der Waals surface area contributed by atoms with Gasteiger partial charge in [0.1, 0.15) is 17.3 Å². The number of ether oxygens (including phenoxy) is 1. The Kier molecular flexibility index (Phi) is 5.38. The van der Waals surface area contributed by atoms with Crippen LogP contribution < -0.4 is 15.8 Å². The SMILES string of the molecule is CC1CCN(C(=O)Nc2cccc(OCC(N)=S)c2)CC1. The van der Waals surface area contributed by atoms with E-state index >= 15 is 0 Å². The molecule has 6 heteroatoms. The van der Waals surface area contributed by atoms with Crippen LogP contribution in [0.25, 0.3) is 0 Å². The van der Waals surface area contributed by atoms with E-state index < -0.39 is 0 Å². The number of piperidine rings is 1. The molecule has 0 bridgehead atoms. The second-order valence-corrected chi connectivity index (χ2v) is 5.91. The number of urea groups is 1. The molecule has 1 fully saturated rings. The van der Waals surface area contributed by atoms with Gasteiger partial charge in [0.2, 0.25) is 0 Å². The minimum absolute atomic E-state index is 0.0617. The lowest BCUT2D eigenvalue weighted by Crippen LogP contribution is -2.40. The van der Waals surface area contributed by atoms with Gasteiger partial charge in [0.15, 0.2) is 0 Å². The highest BCUT2D eigenvalue weighted by atomic mass is 32.1. The van der Waals surface area contributed by atoms with Crippen LogP contribution in [0.2, 0.25) is 0 Å². The lowest BCUT2D eigenvalue weighted by Gasteiger charge is -2.30. The molecule has 0 aliphatic carbocycles. The summed E-state index contributed by atoms with van der Waals surface area (Å²) < 4.78 is 5.42. The van der Waals surface area contributed by atoms with Gasteiger partial charge in [0.05, 0.1) is 0 Å². The maximum atomic E-state index is 12.2. The number of nitrogens with one attached hydrogen (secondary N) is 1. The van der Waals surface area contributed by atoms with E-state index in [9.17, 15) is 4.79 Å². The Morgan fingerprint density at radius 2 is 2.19 bits per heavy atom. The number of hydrogen-bond acceptors (Lipinski definition) is 3. The van der Waals surface area contributed by atoms with Gasteiger partial charge in [-0.2, -0.15) is 0 Å². The fraction of sp³-hybridized carbons (Fsp3) is 0.467. The van der Waals surface area contributed by atoms with Crippen LogP contribution in [-0.4, -0.2) is 35.6 Å². The van der Waals surface area contributed by atoms with Gasteiger partial charge in [-0.05, 0) is 30.9 Å². The third-order valence-electron chi connectivity index (χ3n) is 3.54. The number of anilines is 1. The maximum Gasteiger partial charge on any atom is 0.321 e. The number of amides is 2. The second-order valence-electron chi connectivity index (χ2n) is 5.38. The Hall–Kier alpha value is -1.82. The number of thiocarbonyl (C=S) groups is 1.